The summed E-state index contributed by atoms with van der Waals surface area (Å²) in [6, 6.07) is 7.27. The van der Waals surface area contributed by atoms with Gasteiger partial charge in [0.25, 0.3) is 0 Å². The smallest absolute Gasteiger partial charge is 0.248 e. The van der Waals surface area contributed by atoms with E-state index in [1.807, 2.05) is 42.2 Å². The molecule has 4 rings (SSSR count). The summed E-state index contributed by atoms with van der Waals surface area (Å²) in [7, 11) is 3.83. The van der Waals surface area contributed by atoms with E-state index in [9.17, 15) is 9.59 Å². The molecule has 0 radical (unpaired) electrons. The van der Waals surface area contributed by atoms with Crippen LogP contribution in [-0.2, 0) is 4.79 Å². The lowest BCUT2D eigenvalue weighted by atomic mass is 9.95. The van der Waals surface area contributed by atoms with Crippen LogP contribution in [0, 0.1) is 0 Å². The number of nitrogens with zero attached hydrogens (tertiary/aromatic N) is 5. The highest BCUT2D eigenvalue weighted by atomic mass is 16.2. The number of likely N-dealkylation sites (tertiary alicyclic amines) is 2. The molecular weight excluding hydrogens is 380 g/mol. The monoisotopic (exact) mass is 408 g/mol. The molecule has 0 unspecified atom stereocenters. The Bertz CT molecular complexity index is 956. The molecule has 30 heavy (non-hydrogen) atoms. The van der Waals surface area contributed by atoms with E-state index >= 15 is 0 Å². The second-order valence-electron chi connectivity index (χ2n) is 8.26. The van der Waals surface area contributed by atoms with E-state index in [0.717, 1.165) is 55.8 Å². The van der Waals surface area contributed by atoms with E-state index in [2.05, 4.69) is 9.88 Å². The van der Waals surface area contributed by atoms with E-state index in [1.165, 1.54) is 0 Å². The average Bonchev–Trinajstić information content (AvgIpc) is 3.14. The molecular formula is C22H28N6O2. The first kappa shape index (κ1) is 20.3. The fraction of sp³-hybridized carbons (Fsp3) is 0.455. The van der Waals surface area contributed by atoms with Crippen LogP contribution in [0.2, 0.25) is 0 Å². The van der Waals surface area contributed by atoms with Crippen LogP contribution in [0.15, 0.2) is 30.5 Å². The maximum absolute atomic E-state index is 12.4. The Kier molecular flexibility index (Phi) is 5.67. The molecule has 0 bridgehead atoms. The molecule has 2 N–H and O–H groups in total. The summed E-state index contributed by atoms with van der Waals surface area (Å²) in [6.45, 7) is 3.88. The molecule has 2 amide bonds. The summed E-state index contributed by atoms with van der Waals surface area (Å²) in [6.07, 6.45) is 3.86. The van der Waals surface area contributed by atoms with Gasteiger partial charge in [0.1, 0.15) is 0 Å². The van der Waals surface area contributed by atoms with Gasteiger partial charge in [-0.1, -0.05) is 12.1 Å². The molecule has 2 aliphatic heterocycles. The summed E-state index contributed by atoms with van der Waals surface area (Å²) in [4.78, 5) is 39.4. The molecule has 2 fully saturated rings. The quantitative estimate of drug-likeness (QED) is 0.775. The highest BCUT2D eigenvalue weighted by Crippen LogP contribution is 2.34. The highest BCUT2D eigenvalue weighted by molar-refractivity contribution is 5.94. The van der Waals surface area contributed by atoms with E-state index < -0.39 is 5.91 Å². The van der Waals surface area contributed by atoms with Gasteiger partial charge in [0.15, 0.2) is 0 Å². The number of rotatable bonds is 6. The zero-order valence-electron chi connectivity index (χ0n) is 17.5. The van der Waals surface area contributed by atoms with Crippen molar-refractivity contribution < 1.29 is 9.59 Å². The van der Waals surface area contributed by atoms with Crippen molar-refractivity contribution in [1.82, 2.24) is 19.8 Å². The van der Waals surface area contributed by atoms with E-state index in [-0.39, 0.29) is 11.8 Å². The number of hydrogen-bond donors (Lipinski definition) is 1. The van der Waals surface area contributed by atoms with Crippen molar-refractivity contribution in [2.24, 2.45) is 5.73 Å². The van der Waals surface area contributed by atoms with Crippen molar-refractivity contribution in [3.8, 4) is 11.1 Å². The molecule has 1 aromatic heterocycles. The number of carbonyl (C=O) groups excluding carboxylic acids is 2. The van der Waals surface area contributed by atoms with Gasteiger partial charge in [-0.2, -0.15) is 0 Å². The molecule has 1 atom stereocenters. The van der Waals surface area contributed by atoms with Crippen LogP contribution in [0.1, 0.15) is 34.8 Å². The Labute approximate surface area is 176 Å². The SMILES string of the molecule is CN(C)c1ncc(-c2cccc(C(N)=O)c2)c([C@H]2CCN(CC(=O)N3CCC3)C2)n1. The lowest BCUT2D eigenvalue weighted by Gasteiger charge is -2.32. The molecule has 0 spiro atoms. The van der Waals surface area contributed by atoms with Gasteiger partial charge in [0.2, 0.25) is 17.8 Å². The molecule has 8 nitrogen and oxygen atoms in total. The third-order valence-electron chi connectivity index (χ3n) is 5.89. The number of primary amides is 1. The Hall–Kier alpha value is -3.00. The number of anilines is 1. The molecule has 8 heteroatoms. The first-order chi connectivity index (χ1) is 14.4. The van der Waals surface area contributed by atoms with Crippen LogP contribution in [0.4, 0.5) is 5.95 Å². The predicted molar refractivity (Wildman–Crippen MR) is 115 cm³/mol. The number of aromatic nitrogens is 2. The van der Waals surface area contributed by atoms with Gasteiger partial charge in [-0.15, -0.1) is 0 Å². The van der Waals surface area contributed by atoms with Gasteiger partial charge >= 0.3 is 0 Å². The number of nitrogens with two attached hydrogens (primary N) is 1. The number of hydrogen-bond acceptors (Lipinski definition) is 6. The van der Waals surface area contributed by atoms with E-state index in [0.29, 0.717) is 18.1 Å². The standard InChI is InChI=1S/C22H28N6O2/c1-26(2)22-24-12-18(15-5-3-6-16(11-15)21(23)30)20(25-22)17-7-10-27(13-17)14-19(29)28-8-4-9-28/h3,5-6,11-12,17H,4,7-10,13-14H2,1-2H3,(H2,23,30)/t17-/m0/s1. The number of amides is 2. The molecule has 3 heterocycles. The van der Waals surface area contributed by atoms with Crippen LogP contribution in [0.5, 0.6) is 0 Å². The van der Waals surface area contributed by atoms with Crippen LogP contribution < -0.4 is 10.6 Å². The molecule has 2 aliphatic rings. The third-order valence-corrected chi connectivity index (χ3v) is 5.89. The van der Waals surface area contributed by atoms with Gasteiger partial charge in [-0.25, -0.2) is 9.97 Å². The topological polar surface area (TPSA) is 95.7 Å². The third kappa shape index (κ3) is 4.14. The van der Waals surface area contributed by atoms with Gasteiger partial charge < -0.3 is 15.5 Å². The minimum Gasteiger partial charge on any atom is -0.366 e. The van der Waals surface area contributed by atoms with Crippen LogP contribution in [0.3, 0.4) is 0 Å². The Morgan fingerprint density at radius 3 is 2.70 bits per heavy atom. The van der Waals surface area contributed by atoms with Gasteiger partial charge in [0, 0.05) is 57.0 Å². The molecule has 2 saturated heterocycles. The van der Waals surface area contributed by atoms with Crippen molar-refractivity contribution in [3.63, 3.8) is 0 Å². The van der Waals surface area contributed by atoms with Crippen molar-refractivity contribution in [1.29, 1.82) is 0 Å². The molecule has 0 saturated carbocycles. The van der Waals surface area contributed by atoms with Crippen LogP contribution in [-0.4, -0.2) is 78.4 Å². The lowest BCUT2D eigenvalue weighted by Crippen LogP contribution is -2.46. The first-order valence-corrected chi connectivity index (χ1v) is 10.4. The minimum absolute atomic E-state index is 0.197. The second-order valence-corrected chi connectivity index (χ2v) is 8.26. The molecule has 1 aromatic carbocycles. The van der Waals surface area contributed by atoms with Crippen molar-refractivity contribution in [3.05, 3.63) is 41.7 Å². The van der Waals surface area contributed by atoms with Crippen molar-refractivity contribution in [2.75, 3.05) is 51.7 Å². The number of carbonyl (C=O) groups is 2. The zero-order chi connectivity index (χ0) is 21.3. The molecule has 2 aromatic rings. The van der Waals surface area contributed by atoms with E-state index in [4.69, 9.17) is 10.7 Å². The summed E-state index contributed by atoms with van der Waals surface area (Å²) >= 11 is 0. The first-order valence-electron chi connectivity index (χ1n) is 10.4. The van der Waals surface area contributed by atoms with Crippen LogP contribution >= 0.6 is 0 Å². The lowest BCUT2D eigenvalue weighted by molar-refractivity contribution is -0.135. The Morgan fingerprint density at radius 2 is 2.03 bits per heavy atom. The van der Waals surface area contributed by atoms with Gasteiger partial charge in [-0.05, 0) is 37.1 Å². The Morgan fingerprint density at radius 1 is 1.23 bits per heavy atom. The van der Waals surface area contributed by atoms with Gasteiger partial charge in [-0.3, -0.25) is 14.5 Å². The Balaban J connectivity index is 1.61. The summed E-state index contributed by atoms with van der Waals surface area (Å²) in [5.74, 6) is 0.603. The van der Waals surface area contributed by atoms with Crippen LogP contribution in [0.25, 0.3) is 11.1 Å². The largest absolute Gasteiger partial charge is 0.366 e. The maximum atomic E-state index is 12.4. The summed E-state index contributed by atoms with van der Waals surface area (Å²) in [5, 5.41) is 0. The second kappa shape index (κ2) is 8.39. The minimum atomic E-state index is -0.458. The molecule has 0 aliphatic carbocycles. The highest BCUT2D eigenvalue weighted by Gasteiger charge is 2.31. The molecule has 158 valence electrons. The van der Waals surface area contributed by atoms with Crippen molar-refractivity contribution in [2.45, 2.75) is 18.8 Å². The summed E-state index contributed by atoms with van der Waals surface area (Å²) in [5.41, 5.74) is 8.67. The van der Waals surface area contributed by atoms with Crippen molar-refractivity contribution >= 4 is 17.8 Å². The average molecular weight is 409 g/mol. The fourth-order valence-electron chi connectivity index (χ4n) is 4.03. The summed E-state index contributed by atoms with van der Waals surface area (Å²) < 4.78 is 0. The normalized spacial score (nSPS) is 18.9. The zero-order valence-corrected chi connectivity index (χ0v) is 17.5. The maximum Gasteiger partial charge on any atom is 0.248 e. The number of benzene rings is 1. The predicted octanol–water partition coefficient (Wildman–Crippen LogP) is 1.33. The fourth-order valence-corrected chi connectivity index (χ4v) is 4.03. The van der Waals surface area contributed by atoms with Gasteiger partial charge in [0.05, 0.1) is 12.2 Å². The van der Waals surface area contributed by atoms with E-state index in [1.54, 1.807) is 12.1 Å².